The quantitative estimate of drug-likeness (QED) is 0.156. The molecule has 5 nitrogen and oxygen atoms in total. The molecule has 0 fully saturated rings. The highest BCUT2D eigenvalue weighted by Crippen LogP contribution is 2.47. The molecule has 0 heterocycles. The normalized spacial score (nSPS) is 12.1. The predicted molar refractivity (Wildman–Crippen MR) is 158 cm³/mol. The second kappa shape index (κ2) is 11.8. The first-order valence-corrected chi connectivity index (χ1v) is 14.9. The highest BCUT2D eigenvalue weighted by Gasteiger charge is 2.26. The summed E-state index contributed by atoms with van der Waals surface area (Å²) in [6, 6.07) is 9.93. The molecule has 0 aliphatic rings. The third kappa shape index (κ3) is 6.00. The Morgan fingerprint density at radius 2 is 1.26 bits per heavy atom. The summed E-state index contributed by atoms with van der Waals surface area (Å²) in [5, 5.41) is 43.6. The van der Waals surface area contributed by atoms with E-state index in [1.165, 1.54) is 36.4 Å². The zero-order valence-corrected chi connectivity index (χ0v) is 25.4. The van der Waals surface area contributed by atoms with E-state index >= 15 is 0 Å². The van der Waals surface area contributed by atoms with Crippen LogP contribution in [0.3, 0.4) is 0 Å². The number of aromatic hydroxyl groups is 4. The van der Waals surface area contributed by atoms with Crippen LogP contribution in [0, 0.1) is 20.8 Å². The summed E-state index contributed by atoms with van der Waals surface area (Å²) in [6.45, 7) is 5.34. The van der Waals surface area contributed by atoms with Crippen molar-refractivity contribution in [3.05, 3.63) is 90.4 Å². The number of hydrogen-bond donors (Lipinski definition) is 4. The standard InChI is InChI=1S/C28H22Cl4O5S2/c1-12-6-21(35)27(13(2)25(12)31)38-28-14(3)26(32)16(9-22(28)36)7-15-8-20(34)24(11-18(15)30)39(37)23-10-17(29)4-5-19(23)33/h4-6,8-11,33-36H,7H2,1-3H3. The van der Waals surface area contributed by atoms with Gasteiger partial charge in [0.05, 0.1) is 9.79 Å². The van der Waals surface area contributed by atoms with Crippen LogP contribution in [0.5, 0.6) is 23.0 Å². The summed E-state index contributed by atoms with van der Waals surface area (Å²) in [5.41, 5.74) is 3.03. The van der Waals surface area contributed by atoms with Crippen LogP contribution >= 0.6 is 58.2 Å². The van der Waals surface area contributed by atoms with Gasteiger partial charge in [0, 0.05) is 49.8 Å². The van der Waals surface area contributed by atoms with Crippen LogP contribution in [0.4, 0.5) is 0 Å². The lowest BCUT2D eigenvalue weighted by Crippen LogP contribution is -2.04. The predicted octanol–water partition coefficient (Wildman–Crippen LogP) is 8.96. The molecule has 1 atom stereocenters. The zero-order valence-electron chi connectivity index (χ0n) is 20.8. The van der Waals surface area contributed by atoms with Gasteiger partial charge in [-0.25, -0.2) is 0 Å². The third-order valence-corrected chi connectivity index (χ3v) is 10.7. The van der Waals surface area contributed by atoms with E-state index in [2.05, 4.69) is 0 Å². The molecule has 0 saturated carbocycles. The van der Waals surface area contributed by atoms with Gasteiger partial charge in [-0.1, -0.05) is 58.2 Å². The Labute approximate surface area is 253 Å². The lowest BCUT2D eigenvalue weighted by Gasteiger charge is -2.18. The molecular formula is C28H22Cl4O5S2. The van der Waals surface area contributed by atoms with Crippen LogP contribution in [0.2, 0.25) is 20.1 Å². The molecule has 4 aromatic carbocycles. The van der Waals surface area contributed by atoms with Gasteiger partial charge in [0.2, 0.25) is 9.79 Å². The van der Waals surface area contributed by atoms with Crippen molar-refractivity contribution in [1.29, 1.82) is 0 Å². The van der Waals surface area contributed by atoms with Gasteiger partial charge >= 0.3 is 0 Å². The van der Waals surface area contributed by atoms with Gasteiger partial charge in [0.25, 0.3) is 0 Å². The monoisotopic (exact) mass is 642 g/mol. The molecular weight excluding hydrogens is 622 g/mol. The molecule has 0 saturated heterocycles. The average Bonchev–Trinajstić information content (AvgIpc) is 2.88. The molecule has 0 aliphatic heterocycles. The van der Waals surface area contributed by atoms with E-state index in [4.69, 9.17) is 46.4 Å². The number of rotatable bonds is 6. The fourth-order valence-electron chi connectivity index (χ4n) is 4.07. The highest BCUT2D eigenvalue weighted by molar-refractivity contribution is 7.99. The van der Waals surface area contributed by atoms with Crippen molar-refractivity contribution in [3.8, 4) is 23.0 Å². The van der Waals surface area contributed by atoms with Crippen LogP contribution in [-0.4, -0.2) is 25.0 Å². The minimum atomic E-state index is -1.95. The number of halogens is 4. The van der Waals surface area contributed by atoms with E-state index in [9.17, 15) is 25.0 Å². The first kappa shape index (κ1) is 29.9. The fourth-order valence-corrected chi connectivity index (χ4v) is 7.32. The largest absolute Gasteiger partial charge is 0.606 e. The molecule has 1 unspecified atom stereocenters. The van der Waals surface area contributed by atoms with Crippen LogP contribution in [0.15, 0.2) is 62.0 Å². The molecule has 0 bridgehead atoms. The van der Waals surface area contributed by atoms with Gasteiger partial charge in [-0.2, -0.15) is 0 Å². The molecule has 4 N–H and O–H groups in total. The van der Waals surface area contributed by atoms with Gasteiger partial charge < -0.3 is 25.0 Å². The van der Waals surface area contributed by atoms with E-state index in [1.54, 1.807) is 26.8 Å². The van der Waals surface area contributed by atoms with Crippen LogP contribution < -0.4 is 0 Å². The van der Waals surface area contributed by atoms with E-state index in [1.807, 2.05) is 0 Å². The summed E-state index contributed by atoms with van der Waals surface area (Å²) in [5.74, 6) is -0.533. The SMILES string of the molecule is Cc1cc(O)c(Sc2c(O)cc(Cc3cc(O)c([S+]([O-])c4cc(Cl)ccc4O)cc3Cl)c(Cl)c2C)c(C)c1Cl. The minimum Gasteiger partial charge on any atom is -0.606 e. The van der Waals surface area contributed by atoms with E-state index in [0.717, 1.165) is 17.3 Å². The Balaban J connectivity index is 1.67. The van der Waals surface area contributed by atoms with E-state index in [0.29, 0.717) is 42.1 Å². The van der Waals surface area contributed by atoms with Gasteiger partial charge in [0.15, 0.2) is 11.5 Å². The van der Waals surface area contributed by atoms with E-state index in [-0.39, 0.29) is 49.3 Å². The van der Waals surface area contributed by atoms with Crippen molar-refractivity contribution in [2.24, 2.45) is 0 Å². The number of benzene rings is 4. The summed E-state index contributed by atoms with van der Waals surface area (Å²) in [7, 11) is 0. The number of aryl methyl sites for hydroxylation is 1. The van der Waals surface area contributed by atoms with Crippen molar-refractivity contribution >= 4 is 69.3 Å². The molecule has 0 radical (unpaired) electrons. The Hall–Kier alpha value is -2.10. The van der Waals surface area contributed by atoms with Gasteiger partial charge in [-0.15, -0.1) is 0 Å². The molecule has 204 valence electrons. The van der Waals surface area contributed by atoms with Gasteiger partial charge in [-0.3, -0.25) is 0 Å². The molecule has 0 aromatic heterocycles. The Morgan fingerprint density at radius 1 is 0.692 bits per heavy atom. The number of phenolic OH excluding ortho intramolecular Hbond substituents is 4. The lowest BCUT2D eigenvalue weighted by atomic mass is 10.0. The van der Waals surface area contributed by atoms with Gasteiger partial charge in [-0.05, 0) is 78.9 Å². The molecule has 11 heteroatoms. The second-order valence-electron chi connectivity index (χ2n) is 8.87. The summed E-state index contributed by atoms with van der Waals surface area (Å²) in [4.78, 5) is 1.01. The zero-order chi connectivity index (χ0) is 28.8. The molecule has 4 rings (SSSR count). The Bertz CT molecular complexity index is 1610. The average molecular weight is 644 g/mol. The number of hydrogen-bond acceptors (Lipinski definition) is 6. The summed E-state index contributed by atoms with van der Waals surface area (Å²) in [6.07, 6.45) is 0.153. The van der Waals surface area contributed by atoms with Crippen LogP contribution in [0.25, 0.3) is 0 Å². The lowest BCUT2D eigenvalue weighted by molar-refractivity contribution is 0.452. The van der Waals surface area contributed by atoms with Gasteiger partial charge in [0.1, 0.15) is 11.5 Å². The maximum Gasteiger partial charge on any atom is 0.201 e. The second-order valence-corrected chi connectivity index (χ2v) is 12.9. The maximum absolute atomic E-state index is 13.1. The molecule has 4 aromatic rings. The van der Waals surface area contributed by atoms with E-state index < -0.39 is 11.2 Å². The first-order chi connectivity index (χ1) is 18.3. The topological polar surface area (TPSA) is 104 Å². The summed E-state index contributed by atoms with van der Waals surface area (Å²) < 4.78 is 13.1. The third-order valence-electron chi connectivity index (χ3n) is 6.13. The van der Waals surface area contributed by atoms with Crippen molar-refractivity contribution < 1.29 is 25.0 Å². The summed E-state index contributed by atoms with van der Waals surface area (Å²) >= 11 is 24.8. The van der Waals surface area contributed by atoms with Crippen LogP contribution in [0.1, 0.15) is 27.8 Å². The van der Waals surface area contributed by atoms with Crippen LogP contribution in [-0.2, 0) is 17.6 Å². The Kier molecular flexibility index (Phi) is 9.03. The van der Waals surface area contributed by atoms with Crippen molar-refractivity contribution in [1.82, 2.24) is 0 Å². The maximum atomic E-state index is 13.1. The number of phenols is 4. The van der Waals surface area contributed by atoms with Crippen molar-refractivity contribution in [2.75, 3.05) is 0 Å². The Morgan fingerprint density at radius 3 is 1.92 bits per heavy atom. The van der Waals surface area contributed by atoms with Crippen molar-refractivity contribution in [2.45, 2.75) is 46.8 Å². The molecule has 0 aliphatic carbocycles. The smallest absolute Gasteiger partial charge is 0.201 e. The highest BCUT2D eigenvalue weighted by atomic mass is 35.5. The molecule has 39 heavy (non-hydrogen) atoms. The first-order valence-electron chi connectivity index (χ1n) is 11.4. The minimum absolute atomic E-state index is 0.00475. The molecule has 0 amide bonds. The van der Waals surface area contributed by atoms with Crippen molar-refractivity contribution in [3.63, 3.8) is 0 Å². The fraction of sp³-hybridized carbons (Fsp3) is 0.143. The molecule has 0 spiro atoms.